The zero-order chi connectivity index (χ0) is 39.4. The van der Waals surface area contributed by atoms with Crippen molar-refractivity contribution in [2.75, 3.05) is 0 Å². The zero-order valence-corrected chi connectivity index (χ0v) is 31.5. The van der Waals surface area contributed by atoms with Crippen LogP contribution >= 0.6 is 0 Å². The molecular formula is C54H28N4. The Hall–Kier alpha value is -8.28. The van der Waals surface area contributed by atoms with Crippen molar-refractivity contribution in [3.8, 4) is 33.4 Å². The molecule has 4 heteroatoms. The van der Waals surface area contributed by atoms with Crippen molar-refractivity contribution >= 4 is 98.2 Å². The molecule has 0 N–H and O–H groups in total. The fourth-order valence-corrected chi connectivity index (χ4v) is 10.1. The molecule has 11 aromatic carbocycles. The Balaban J connectivity index is 1.51. The quantitative estimate of drug-likeness (QED) is 0.127. The third kappa shape index (κ3) is 4.19. The second kappa shape index (κ2) is 12.1. The van der Waals surface area contributed by atoms with Gasteiger partial charge in [-0.15, -0.1) is 0 Å². The number of fused-ring (bicyclic) bond motifs is 8. The summed E-state index contributed by atoms with van der Waals surface area (Å²) in [5.74, 6) is 0. The van der Waals surface area contributed by atoms with Gasteiger partial charge in [0.2, 0.25) is 11.4 Å². The molecule has 11 rings (SSSR count). The predicted molar refractivity (Wildman–Crippen MR) is 242 cm³/mol. The van der Waals surface area contributed by atoms with Crippen LogP contribution in [0.1, 0.15) is 11.1 Å². The summed E-state index contributed by atoms with van der Waals surface area (Å²) in [4.78, 5) is 15.8. The van der Waals surface area contributed by atoms with E-state index in [1.807, 2.05) is 24.3 Å². The van der Waals surface area contributed by atoms with E-state index < -0.39 is 0 Å². The maximum absolute atomic E-state index is 8.51. The Morgan fingerprint density at radius 3 is 1.43 bits per heavy atom. The fourth-order valence-electron chi connectivity index (χ4n) is 10.1. The minimum absolute atomic E-state index is 0.308. The highest BCUT2D eigenvalue weighted by Gasteiger charge is 2.29. The summed E-state index contributed by atoms with van der Waals surface area (Å²) in [5.41, 5.74) is 9.18. The van der Waals surface area contributed by atoms with E-state index in [0.29, 0.717) is 33.9 Å². The van der Waals surface area contributed by atoms with Crippen LogP contribution in [0, 0.1) is 40.1 Å². The molecule has 58 heavy (non-hydrogen) atoms. The molecule has 0 saturated heterocycles. The first-order valence-electron chi connectivity index (χ1n) is 19.1. The van der Waals surface area contributed by atoms with E-state index in [4.69, 9.17) is 26.3 Å². The summed E-state index contributed by atoms with van der Waals surface area (Å²) < 4.78 is 0. The average molecular weight is 733 g/mol. The van der Waals surface area contributed by atoms with Crippen molar-refractivity contribution in [1.82, 2.24) is 0 Å². The number of hydrogen-bond acceptors (Lipinski definition) is 0. The number of para-hydroxylation sites is 2. The lowest BCUT2D eigenvalue weighted by atomic mass is 9.83. The van der Waals surface area contributed by atoms with E-state index in [0.717, 1.165) is 92.1 Å². The zero-order valence-electron chi connectivity index (χ0n) is 31.5. The number of aryl methyl sites for hydroxylation is 2. The Kier molecular flexibility index (Phi) is 6.91. The van der Waals surface area contributed by atoms with Crippen molar-refractivity contribution in [1.29, 1.82) is 0 Å². The molecule has 11 aromatic rings. The van der Waals surface area contributed by atoms with Crippen LogP contribution in [-0.2, 0) is 0 Å². The molecule has 0 aliphatic carbocycles. The van der Waals surface area contributed by atoms with Crippen molar-refractivity contribution in [3.63, 3.8) is 0 Å². The lowest BCUT2D eigenvalue weighted by molar-refractivity contribution is 1.39. The number of nitrogens with zero attached hydrogens (tertiary/aromatic N) is 4. The third-order valence-electron chi connectivity index (χ3n) is 12.3. The summed E-state index contributed by atoms with van der Waals surface area (Å²) in [6, 6.07) is 45.9. The average Bonchev–Trinajstić information content (AvgIpc) is 3.77. The van der Waals surface area contributed by atoms with Crippen LogP contribution in [0.15, 0.2) is 133 Å². The van der Waals surface area contributed by atoms with Gasteiger partial charge in [0.25, 0.3) is 0 Å². The summed E-state index contributed by atoms with van der Waals surface area (Å²) in [7, 11) is 0. The highest BCUT2D eigenvalue weighted by atomic mass is 14.8. The molecule has 0 aromatic heterocycles. The molecule has 0 aliphatic heterocycles. The smallest absolute Gasteiger partial charge is 0.202 e. The highest BCUT2D eigenvalue weighted by Crippen LogP contribution is 2.58. The molecule has 0 aliphatic rings. The van der Waals surface area contributed by atoms with E-state index in [-0.39, 0.29) is 0 Å². The van der Waals surface area contributed by atoms with Gasteiger partial charge < -0.3 is 0 Å². The van der Waals surface area contributed by atoms with Gasteiger partial charge in [-0.1, -0.05) is 127 Å². The van der Waals surface area contributed by atoms with E-state index in [1.165, 1.54) is 16.7 Å². The van der Waals surface area contributed by atoms with E-state index in [9.17, 15) is 0 Å². The second-order valence-electron chi connectivity index (χ2n) is 15.1. The lowest BCUT2D eigenvalue weighted by Gasteiger charge is -2.21. The first-order chi connectivity index (χ1) is 28.5. The summed E-state index contributed by atoms with van der Waals surface area (Å²) in [6.45, 7) is 37.6. The van der Waals surface area contributed by atoms with Crippen LogP contribution in [0.4, 0.5) is 22.7 Å². The van der Waals surface area contributed by atoms with E-state index >= 15 is 0 Å². The maximum atomic E-state index is 8.51. The normalized spacial score (nSPS) is 11.6. The molecule has 0 heterocycles. The largest absolute Gasteiger partial charge is 0.250 e. The first-order valence-corrected chi connectivity index (χ1v) is 19.1. The summed E-state index contributed by atoms with van der Waals surface area (Å²) in [5, 5.41) is 14.9. The van der Waals surface area contributed by atoms with Crippen LogP contribution in [0.5, 0.6) is 0 Å². The van der Waals surface area contributed by atoms with Gasteiger partial charge in [-0.3, -0.25) is 9.69 Å². The topological polar surface area (TPSA) is 17.4 Å². The lowest BCUT2D eigenvalue weighted by Crippen LogP contribution is -1.92. The number of rotatable bonds is 3. The molecule has 0 atom stereocenters. The minimum atomic E-state index is 0.308. The second-order valence-corrected chi connectivity index (χ2v) is 15.1. The van der Waals surface area contributed by atoms with E-state index in [2.05, 4.69) is 130 Å². The molecule has 0 radical (unpaired) electrons. The van der Waals surface area contributed by atoms with Crippen LogP contribution in [-0.4, -0.2) is 0 Å². The summed E-state index contributed by atoms with van der Waals surface area (Å²) in [6.07, 6.45) is 0. The van der Waals surface area contributed by atoms with Gasteiger partial charge in [0.05, 0.1) is 26.3 Å². The molecule has 0 fully saturated rings. The number of hydrogen-bond donors (Lipinski definition) is 0. The van der Waals surface area contributed by atoms with Crippen molar-refractivity contribution in [3.05, 3.63) is 190 Å². The molecular weight excluding hydrogens is 705 g/mol. The Labute approximate surface area is 334 Å². The Morgan fingerprint density at radius 1 is 0.310 bits per heavy atom. The molecule has 0 saturated carbocycles. The molecule has 4 nitrogen and oxygen atoms in total. The van der Waals surface area contributed by atoms with Gasteiger partial charge in [0.1, 0.15) is 0 Å². The van der Waals surface area contributed by atoms with Crippen LogP contribution in [0.2, 0.25) is 0 Å². The summed E-state index contributed by atoms with van der Waals surface area (Å²) >= 11 is 0. The minimum Gasteiger partial charge on any atom is -0.250 e. The standard InChI is InChI=1S/C54H28N4/c1-29-14-9-15-30(2)45(29)35-26-27-38-46-34(35)19-11-21-37(46)50-49(39-22-12-24-43(55-3)53(39)57-5)42-28-41-32-17-8-7-16-31(32)33-18-10-20-36(47(33)41)48(42)52(51(38)50)40-23-13-25-44(56-4)54(40)58-6/h7-28H,1-2H3. The monoisotopic (exact) mass is 732 g/mol. The van der Waals surface area contributed by atoms with Crippen LogP contribution < -0.4 is 0 Å². The fraction of sp³-hybridized carbons (Fsp3) is 0.0370. The van der Waals surface area contributed by atoms with Gasteiger partial charge >= 0.3 is 0 Å². The molecule has 0 unspecified atom stereocenters. The maximum Gasteiger partial charge on any atom is 0.202 e. The van der Waals surface area contributed by atoms with Gasteiger partial charge in [-0.25, -0.2) is 9.69 Å². The molecule has 0 bridgehead atoms. The first kappa shape index (κ1) is 33.1. The van der Waals surface area contributed by atoms with Gasteiger partial charge in [0, 0.05) is 0 Å². The molecule has 0 amide bonds. The van der Waals surface area contributed by atoms with Gasteiger partial charge in [0.15, 0.2) is 11.4 Å². The predicted octanol–water partition coefficient (Wildman–Crippen LogP) is 16.5. The highest BCUT2D eigenvalue weighted by molar-refractivity contribution is 6.45. The van der Waals surface area contributed by atoms with Crippen molar-refractivity contribution in [2.24, 2.45) is 0 Å². The van der Waals surface area contributed by atoms with E-state index in [1.54, 1.807) is 12.1 Å². The number of benzene rings is 9. The molecule has 264 valence electrons. The Bertz CT molecular complexity index is 3780. The van der Waals surface area contributed by atoms with Crippen molar-refractivity contribution < 1.29 is 0 Å². The Morgan fingerprint density at radius 2 is 0.793 bits per heavy atom. The SMILES string of the molecule is [C-]#[N+]c1cccc(-c2c3cc4c5ccccc5c5cccc(c3c(-c3cccc([N+]#[C-])c3[N+]#[C-])c3c6ccc(-c7c(C)cccc7C)c7cccc(c23)c76)c54)c1[N+]#[C-]. The van der Waals surface area contributed by atoms with Crippen molar-refractivity contribution in [2.45, 2.75) is 13.8 Å². The van der Waals surface area contributed by atoms with Gasteiger partial charge in [-0.2, -0.15) is 0 Å². The van der Waals surface area contributed by atoms with Crippen LogP contribution in [0.25, 0.3) is 128 Å². The van der Waals surface area contributed by atoms with Crippen LogP contribution in [0.3, 0.4) is 0 Å². The van der Waals surface area contributed by atoms with Gasteiger partial charge in [-0.05, 0) is 140 Å². The molecule has 0 spiro atoms. The third-order valence-corrected chi connectivity index (χ3v) is 12.3.